The molecule has 0 aliphatic carbocycles. The molecule has 0 bridgehead atoms. The molecule has 0 radical (unpaired) electrons. The lowest BCUT2D eigenvalue weighted by Crippen LogP contribution is -2.67. The molecule has 10 nitrogen and oxygen atoms in total. The molecule has 1 spiro atoms. The number of nitrogens with zero attached hydrogens (tertiary/aromatic N) is 5. The molecule has 0 unspecified atom stereocenters. The van der Waals surface area contributed by atoms with Gasteiger partial charge in [0.25, 0.3) is 5.69 Å². The van der Waals surface area contributed by atoms with Crippen molar-refractivity contribution < 1.29 is 9.66 Å². The van der Waals surface area contributed by atoms with Gasteiger partial charge in [0.05, 0.1) is 29.0 Å². The highest BCUT2D eigenvalue weighted by atomic mass is 16.6. The van der Waals surface area contributed by atoms with E-state index in [-0.39, 0.29) is 16.1 Å². The van der Waals surface area contributed by atoms with E-state index < -0.39 is 0 Å². The Morgan fingerprint density at radius 1 is 1.22 bits per heavy atom. The third kappa shape index (κ3) is 3.84. The predicted molar refractivity (Wildman–Crippen MR) is 144 cm³/mol. The van der Waals surface area contributed by atoms with Gasteiger partial charge in [0.1, 0.15) is 11.4 Å². The molecule has 2 N–H and O–H groups in total. The van der Waals surface area contributed by atoms with Gasteiger partial charge in [0, 0.05) is 53.6 Å². The summed E-state index contributed by atoms with van der Waals surface area (Å²) in [6, 6.07) is 13.2. The van der Waals surface area contributed by atoms with E-state index in [1.807, 2.05) is 31.2 Å². The normalized spacial score (nSPS) is 16.8. The summed E-state index contributed by atoms with van der Waals surface area (Å²) in [6.45, 7) is 4.63. The van der Waals surface area contributed by atoms with Crippen molar-refractivity contribution in [3.8, 4) is 17.0 Å². The number of benzene rings is 2. The number of rotatable bonds is 6. The highest BCUT2D eigenvalue weighted by Gasteiger charge is 2.49. The maximum absolute atomic E-state index is 12.1. The Balaban J connectivity index is 1.33. The number of fused-ring (bicyclic) bond motifs is 1. The minimum Gasteiger partial charge on any atom is -0.494 e. The lowest BCUT2D eigenvalue weighted by atomic mass is 9.86. The minimum absolute atomic E-state index is 0.0300. The molecule has 190 valence electrons. The highest BCUT2D eigenvalue weighted by Crippen LogP contribution is 2.45. The summed E-state index contributed by atoms with van der Waals surface area (Å²) in [5.74, 6) is 0.830. The van der Waals surface area contributed by atoms with Crippen LogP contribution in [0.5, 0.6) is 5.75 Å². The molecule has 2 aliphatic rings. The van der Waals surface area contributed by atoms with E-state index in [2.05, 4.69) is 38.2 Å². The Morgan fingerprint density at radius 2 is 2.03 bits per heavy atom. The molecule has 2 aliphatic heterocycles. The standard InChI is InChI=1S/C27H29N7O3/c1-17-25(18-7-4-5-8-19(18)29-17)20-9-11-28-26(30-20)31-21-13-23(34(35)36)22(14-24(21)37-3)33-15-27(16-33)10-6-12-32(27)2/h4-5,7-9,11,13-14,29H,6,10,12,15-16H2,1-3H3,(H,28,30,31). The maximum atomic E-state index is 12.1. The van der Waals surface area contributed by atoms with Gasteiger partial charge in [-0.15, -0.1) is 0 Å². The fourth-order valence-corrected chi connectivity index (χ4v) is 5.82. The number of nitrogens with one attached hydrogen (secondary N) is 2. The van der Waals surface area contributed by atoms with E-state index in [4.69, 9.17) is 9.72 Å². The van der Waals surface area contributed by atoms with Crippen LogP contribution in [0.4, 0.5) is 23.0 Å². The lowest BCUT2D eigenvalue weighted by Gasteiger charge is -2.52. The Bertz CT molecular complexity index is 1510. The first-order valence-corrected chi connectivity index (χ1v) is 12.4. The third-order valence-corrected chi connectivity index (χ3v) is 7.80. The van der Waals surface area contributed by atoms with Crippen LogP contribution in [-0.4, -0.2) is 64.1 Å². The lowest BCUT2D eigenvalue weighted by molar-refractivity contribution is -0.384. The van der Waals surface area contributed by atoms with Crippen LogP contribution in [0.2, 0.25) is 0 Å². The number of aromatic nitrogens is 3. The summed E-state index contributed by atoms with van der Waals surface area (Å²) in [4.78, 5) is 28.7. The van der Waals surface area contributed by atoms with Crippen LogP contribution in [0.15, 0.2) is 48.7 Å². The molecule has 6 rings (SSSR count). The number of ether oxygens (including phenoxy) is 1. The molecule has 0 saturated carbocycles. The Labute approximate surface area is 214 Å². The van der Waals surface area contributed by atoms with Crippen LogP contribution in [-0.2, 0) is 0 Å². The van der Waals surface area contributed by atoms with Gasteiger partial charge in [-0.2, -0.15) is 0 Å². The quantitative estimate of drug-likeness (QED) is 0.285. The van der Waals surface area contributed by atoms with Gasteiger partial charge in [-0.3, -0.25) is 15.0 Å². The topological polar surface area (TPSA) is 112 Å². The minimum atomic E-state index is -0.337. The molecule has 4 heterocycles. The van der Waals surface area contributed by atoms with Crippen molar-refractivity contribution in [1.29, 1.82) is 0 Å². The molecule has 4 aromatic rings. The number of methoxy groups -OCH3 is 1. The van der Waals surface area contributed by atoms with Crippen LogP contribution in [0.25, 0.3) is 22.2 Å². The fraction of sp³-hybridized carbons (Fsp3) is 0.333. The van der Waals surface area contributed by atoms with Crippen molar-refractivity contribution >= 4 is 33.9 Å². The Morgan fingerprint density at radius 3 is 2.76 bits per heavy atom. The van der Waals surface area contributed by atoms with Crippen LogP contribution in [0.1, 0.15) is 18.5 Å². The molecular weight excluding hydrogens is 470 g/mol. The van der Waals surface area contributed by atoms with Crippen molar-refractivity contribution in [1.82, 2.24) is 19.9 Å². The first-order valence-electron chi connectivity index (χ1n) is 12.4. The monoisotopic (exact) mass is 499 g/mol. The summed E-state index contributed by atoms with van der Waals surface area (Å²) < 4.78 is 5.65. The number of para-hydroxylation sites is 1. The van der Waals surface area contributed by atoms with Crippen molar-refractivity contribution in [2.45, 2.75) is 25.3 Å². The largest absolute Gasteiger partial charge is 0.494 e. The van der Waals surface area contributed by atoms with E-state index in [1.54, 1.807) is 19.4 Å². The zero-order chi connectivity index (χ0) is 25.7. The van der Waals surface area contributed by atoms with Crippen LogP contribution in [0.3, 0.4) is 0 Å². The first kappa shape index (κ1) is 23.2. The summed E-state index contributed by atoms with van der Waals surface area (Å²) in [6.07, 6.45) is 3.96. The molecule has 2 fully saturated rings. The predicted octanol–water partition coefficient (Wildman–Crippen LogP) is 4.88. The smallest absolute Gasteiger partial charge is 0.294 e. The number of likely N-dealkylation sites (tertiary alicyclic amines) is 1. The summed E-state index contributed by atoms with van der Waals surface area (Å²) in [7, 11) is 3.70. The molecule has 2 saturated heterocycles. The van der Waals surface area contributed by atoms with Gasteiger partial charge in [0.2, 0.25) is 5.95 Å². The number of aryl methyl sites for hydroxylation is 1. The number of hydrogen-bond acceptors (Lipinski definition) is 8. The van der Waals surface area contributed by atoms with E-state index in [1.165, 1.54) is 6.07 Å². The second kappa shape index (κ2) is 8.74. The van der Waals surface area contributed by atoms with Crippen molar-refractivity contribution in [2.24, 2.45) is 0 Å². The van der Waals surface area contributed by atoms with Gasteiger partial charge < -0.3 is 19.9 Å². The molecular formula is C27H29N7O3. The number of nitro groups is 1. The number of aromatic amines is 1. The van der Waals surface area contributed by atoms with Gasteiger partial charge in [-0.05, 0) is 45.5 Å². The molecule has 37 heavy (non-hydrogen) atoms. The summed E-state index contributed by atoms with van der Waals surface area (Å²) in [5, 5.41) is 16.3. The van der Waals surface area contributed by atoms with Crippen LogP contribution in [0, 0.1) is 17.0 Å². The summed E-state index contributed by atoms with van der Waals surface area (Å²) >= 11 is 0. The van der Waals surface area contributed by atoms with Gasteiger partial charge in [0.15, 0.2) is 0 Å². The molecule has 2 aromatic heterocycles. The van der Waals surface area contributed by atoms with E-state index in [0.717, 1.165) is 60.3 Å². The Kier molecular flexibility index (Phi) is 5.49. The number of likely N-dealkylation sites (N-methyl/N-ethyl adjacent to an activating group) is 1. The van der Waals surface area contributed by atoms with Crippen molar-refractivity contribution in [3.63, 3.8) is 0 Å². The number of nitro benzene ring substituents is 1. The molecule has 2 aromatic carbocycles. The third-order valence-electron chi connectivity index (χ3n) is 7.80. The first-order chi connectivity index (χ1) is 17.9. The average molecular weight is 500 g/mol. The Hall–Kier alpha value is -4.18. The average Bonchev–Trinajstić information content (AvgIpc) is 3.42. The number of H-pyrrole nitrogens is 1. The number of anilines is 3. The van der Waals surface area contributed by atoms with Crippen LogP contribution >= 0.6 is 0 Å². The second-order valence-corrected chi connectivity index (χ2v) is 9.96. The summed E-state index contributed by atoms with van der Waals surface area (Å²) in [5.41, 5.74) is 4.95. The SMILES string of the molecule is COc1cc(N2CC3(CCCN3C)C2)c([N+](=O)[O-])cc1Nc1nccc(-c2c(C)[nH]c3ccccc23)n1. The van der Waals surface area contributed by atoms with Gasteiger partial charge in [-0.25, -0.2) is 9.97 Å². The highest BCUT2D eigenvalue weighted by molar-refractivity contribution is 5.96. The zero-order valence-corrected chi connectivity index (χ0v) is 21.1. The molecule has 0 atom stereocenters. The van der Waals surface area contributed by atoms with E-state index in [9.17, 15) is 10.1 Å². The van der Waals surface area contributed by atoms with Gasteiger partial charge >= 0.3 is 0 Å². The van der Waals surface area contributed by atoms with E-state index in [0.29, 0.717) is 23.1 Å². The molecule has 10 heteroatoms. The zero-order valence-electron chi connectivity index (χ0n) is 21.1. The van der Waals surface area contributed by atoms with Crippen LogP contribution < -0.4 is 15.0 Å². The van der Waals surface area contributed by atoms with E-state index >= 15 is 0 Å². The second-order valence-electron chi connectivity index (χ2n) is 9.96. The van der Waals surface area contributed by atoms with Crippen molar-refractivity contribution in [2.75, 3.05) is 44.0 Å². The number of hydrogen-bond donors (Lipinski definition) is 2. The maximum Gasteiger partial charge on any atom is 0.294 e. The van der Waals surface area contributed by atoms with Gasteiger partial charge in [-0.1, -0.05) is 18.2 Å². The molecule has 0 amide bonds. The van der Waals surface area contributed by atoms with Crippen molar-refractivity contribution in [3.05, 3.63) is 64.5 Å². The fourth-order valence-electron chi connectivity index (χ4n) is 5.82.